The minimum Gasteiger partial charge on any atom is -0.462 e. The highest BCUT2D eigenvalue weighted by Crippen LogP contribution is 2.15. The van der Waals surface area contributed by atoms with Crippen molar-refractivity contribution in [2.75, 3.05) is 13.2 Å². The zero-order valence-electron chi connectivity index (χ0n) is 51.1. The Labute approximate surface area is 487 Å². The van der Waals surface area contributed by atoms with Crippen LogP contribution < -0.4 is 0 Å². The number of unbranched alkanes of at least 4 members (excludes halogenated alkanes) is 22. The Morgan fingerprint density at radius 2 is 0.494 bits per heavy atom. The highest BCUT2D eigenvalue weighted by Gasteiger charge is 2.19. The molecule has 0 aliphatic carbocycles. The molecule has 0 spiro atoms. The fourth-order valence-electron chi connectivity index (χ4n) is 8.53. The van der Waals surface area contributed by atoms with E-state index in [0.717, 1.165) is 167 Å². The van der Waals surface area contributed by atoms with Gasteiger partial charge in [-0.1, -0.05) is 269 Å². The van der Waals surface area contributed by atoms with Gasteiger partial charge in [0.2, 0.25) is 0 Å². The summed E-state index contributed by atoms with van der Waals surface area (Å²) in [6.45, 7) is 6.33. The molecule has 0 aliphatic rings. The van der Waals surface area contributed by atoms with Crippen molar-refractivity contribution in [2.24, 2.45) is 0 Å². The molecule has 0 fully saturated rings. The normalized spacial score (nSPS) is 13.1. The fourth-order valence-corrected chi connectivity index (χ4v) is 8.53. The summed E-state index contributed by atoms with van der Waals surface area (Å²) in [7, 11) is 0. The molecule has 0 saturated heterocycles. The summed E-state index contributed by atoms with van der Waals surface area (Å²) >= 11 is 0. The van der Waals surface area contributed by atoms with E-state index in [2.05, 4.69) is 167 Å². The number of carbonyl (C=O) groups excluding carboxylic acids is 3. The summed E-state index contributed by atoms with van der Waals surface area (Å²) < 4.78 is 16.9. The topological polar surface area (TPSA) is 78.9 Å². The number of hydrogen-bond donors (Lipinski definition) is 0. The van der Waals surface area contributed by atoms with Crippen LogP contribution in [0.25, 0.3) is 0 Å². The van der Waals surface area contributed by atoms with Crippen LogP contribution in [0, 0.1) is 0 Å². The Morgan fingerprint density at radius 1 is 0.266 bits per heavy atom. The fraction of sp³-hybridized carbons (Fsp3) is 0.630. The average molecular weight is 1090 g/mol. The van der Waals surface area contributed by atoms with E-state index in [1.54, 1.807) is 0 Å². The number of hydrogen-bond acceptors (Lipinski definition) is 6. The number of esters is 3. The van der Waals surface area contributed by atoms with Gasteiger partial charge >= 0.3 is 17.9 Å². The first-order chi connectivity index (χ1) is 39.0. The van der Waals surface area contributed by atoms with Gasteiger partial charge in [-0.05, 0) is 135 Å². The molecular weight excluding hydrogens is 973 g/mol. The van der Waals surface area contributed by atoms with Crippen LogP contribution >= 0.6 is 0 Å². The third kappa shape index (κ3) is 64.0. The molecule has 1 atom stereocenters. The molecule has 6 nitrogen and oxygen atoms in total. The van der Waals surface area contributed by atoms with E-state index in [1.165, 1.54) is 70.6 Å². The molecule has 0 N–H and O–H groups in total. The minimum atomic E-state index is -0.798. The second kappa shape index (κ2) is 65.8. The van der Waals surface area contributed by atoms with Crippen molar-refractivity contribution in [1.82, 2.24) is 0 Å². The zero-order valence-corrected chi connectivity index (χ0v) is 51.1. The van der Waals surface area contributed by atoms with Crippen LogP contribution in [0.5, 0.6) is 0 Å². The maximum absolute atomic E-state index is 12.9. The largest absolute Gasteiger partial charge is 0.462 e. The third-order valence-electron chi connectivity index (χ3n) is 13.3. The minimum absolute atomic E-state index is 0.0941. The number of ether oxygens (including phenoxy) is 3. The second-order valence-corrected chi connectivity index (χ2v) is 20.9. The van der Waals surface area contributed by atoms with E-state index in [1.807, 2.05) is 0 Å². The standard InChI is InChI=1S/C73H118O6/c1-4-7-10-13-16-19-22-25-27-29-30-31-32-33-34-35-36-37-38-39-40-41-42-44-45-48-51-54-57-60-63-66-72(75)78-69-70(68-77-71(74)65-62-59-56-53-50-47-24-21-18-15-12-9-6-3)79-73(76)67-64-61-58-55-52-49-46-43-28-26-23-20-17-14-11-8-5-2/h7-8,10-12,15-17,19-21,24-28,30-31,33-34,36-37,39-40,70H,4-6,9,13-14,18,22-23,29,32,35,38,41-69H2,1-3H3/b10-7-,11-8-,15-12-,19-16-,20-17-,24-21-,27-25-,28-26-,31-30-,34-33-,37-36-,40-39-. The van der Waals surface area contributed by atoms with Gasteiger partial charge in [-0.25, -0.2) is 0 Å². The van der Waals surface area contributed by atoms with Gasteiger partial charge in [0.1, 0.15) is 13.2 Å². The van der Waals surface area contributed by atoms with E-state index >= 15 is 0 Å². The summed E-state index contributed by atoms with van der Waals surface area (Å²) in [4.78, 5) is 38.3. The lowest BCUT2D eigenvalue weighted by Gasteiger charge is -2.18. The summed E-state index contributed by atoms with van der Waals surface area (Å²) in [5.41, 5.74) is 0. The van der Waals surface area contributed by atoms with Crippen LogP contribution in [0.15, 0.2) is 146 Å². The first-order valence-electron chi connectivity index (χ1n) is 32.3. The van der Waals surface area contributed by atoms with Crippen molar-refractivity contribution in [1.29, 1.82) is 0 Å². The van der Waals surface area contributed by atoms with Crippen molar-refractivity contribution < 1.29 is 28.6 Å². The maximum atomic E-state index is 12.9. The van der Waals surface area contributed by atoms with Gasteiger partial charge in [0, 0.05) is 19.3 Å². The SMILES string of the molecule is CC/C=C\C/C=C\C/C=C\C/C=C\C/C=C\C/C=C\C/C=C\CCCCCCCCCCCC(=O)OCC(COC(=O)CCCCCCC/C=C\C/C=C\CCC)OC(=O)CCCCCCCCC/C=C\C/C=C\C/C=C\CC. The Bertz CT molecular complexity index is 1730. The van der Waals surface area contributed by atoms with E-state index in [-0.39, 0.29) is 31.1 Å². The first kappa shape index (κ1) is 74.3. The van der Waals surface area contributed by atoms with Crippen LogP contribution in [0.1, 0.15) is 278 Å². The van der Waals surface area contributed by atoms with E-state index in [9.17, 15) is 14.4 Å². The molecule has 0 aliphatic heterocycles. The zero-order chi connectivity index (χ0) is 57.1. The molecule has 79 heavy (non-hydrogen) atoms. The molecule has 0 aromatic rings. The molecule has 0 rings (SSSR count). The highest BCUT2D eigenvalue weighted by atomic mass is 16.6. The van der Waals surface area contributed by atoms with Crippen LogP contribution in [-0.4, -0.2) is 37.2 Å². The number of allylic oxidation sites excluding steroid dienone is 24. The molecule has 0 aromatic heterocycles. The lowest BCUT2D eigenvalue weighted by molar-refractivity contribution is -0.167. The predicted octanol–water partition coefficient (Wildman–Crippen LogP) is 22.3. The number of carbonyl (C=O) groups is 3. The molecule has 1 unspecified atom stereocenters. The first-order valence-corrected chi connectivity index (χ1v) is 32.3. The number of rotatable bonds is 57. The third-order valence-corrected chi connectivity index (χ3v) is 13.3. The Morgan fingerprint density at radius 3 is 0.772 bits per heavy atom. The Balaban J connectivity index is 4.32. The molecular formula is C73H118O6. The van der Waals surface area contributed by atoms with Gasteiger partial charge in [-0.2, -0.15) is 0 Å². The van der Waals surface area contributed by atoms with Gasteiger partial charge in [0.05, 0.1) is 0 Å². The lowest BCUT2D eigenvalue weighted by Crippen LogP contribution is -2.30. The van der Waals surface area contributed by atoms with E-state index in [0.29, 0.717) is 19.3 Å². The van der Waals surface area contributed by atoms with Crippen molar-refractivity contribution in [3.63, 3.8) is 0 Å². The van der Waals surface area contributed by atoms with Gasteiger partial charge in [0.25, 0.3) is 0 Å². The maximum Gasteiger partial charge on any atom is 0.306 e. The smallest absolute Gasteiger partial charge is 0.306 e. The van der Waals surface area contributed by atoms with Gasteiger partial charge in [0.15, 0.2) is 6.10 Å². The lowest BCUT2D eigenvalue weighted by atomic mass is 10.1. The summed E-state index contributed by atoms with van der Waals surface area (Å²) in [6.07, 6.45) is 94.2. The van der Waals surface area contributed by atoms with Crippen LogP contribution in [0.4, 0.5) is 0 Å². The molecule has 446 valence electrons. The van der Waals surface area contributed by atoms with Gasteiger partial charge < -0.3 is 14.2 Å². The molecule has 0 heterocycles. The van der Waals surface area contributed by atoms with Gasteiger partial charge in [-0.15, -0.1) is 0 Å². The van der Waals surface area contributed by atoms with Crippen molar-refractivity contribution in [3.05, 3.63) is 146 Å². The summed E-state index contributed by atoms with van der Waals surface area (Å²) in [5.74, 6) is -0.924. The van der Waals surface area contributed by atoms with Crippen LogP contribution in [0.3, 0.4) is 0 Å². The molecule has 0 bridgehead atoms. The van der Waals surface area contributed by atoms with E-state index in [4.69, 9.17) is 14.2 Å². The van der Waals surface area contributed by atoms with E-state index < -0.39 is 6.10 Å². The van der Waals surface area contributed by atoms with Crippen LogP contribution in [0.2, 0.25) is 0 Å². The second-order valence-electron chi connectivity index (χ2n) is 20.9. The Kier molecular flexibility index (Phi) is 61.9. The summed E-state index contributed by atoms with van der Waals surface area (Å²) in [5, 5.41) is 0. The molecule has 0 amide bonds. The van der Waals surface area contributed by atoms with Gasteiger partial charge in [-0.3, -0.25) is 14.4 Å². The molecule has 0 saturated carbocycles. The van der Waals surface area contributed by atoms with Crippen molar-refractivity contribution >= 4 is 17.9 Å². The molecule has 0 aromatic carbocycles. The average Bonchev–Trinajstić information content (AvgIpc) is 3.45. The monoisotopic (exact) mass is 1090 g/mol. The summed E-state index contributed by atoms with van der Waals surface area (Å²) in [6, 6.07) is 0. The predicted molar refractivity (Wildman–Crippen MR) is 343 cm³/mol. The molecule has 6 heteroatoms. The van der Waals surface area contributed by atoms with Crippen molar-refractivity contribution in [3.8, 4) is 0 Å². The highest BCUT2D eigenvalue weighted by molar-refractivity contribution is 5.71. The van der Waals surface area contributed by atoms with Crippen LogP contribution in [-0.2, 0) is 28.6 Å². The van der Waals surface area contributed by atoms with Crippen molar-refractivity contribution in [2.45, 2.75) is 284 Å². The Hall–Kier alpha value is -4.71. The quantitative estimate of drug-likeness (QED) is 0.0261. The molecule has 0 radical (unpaired) electrons.